The molecule has 0 saturated heterocycles. The molecule has 1 N–H and O–H groups in total. The number of H-pyrrole nitrogens is 1. The number of nitrogens with one attached hydrogen (secondary N) is 1. The molecule has 1 atom stereocenters. The number of aromatic amines is 1. The second kappa shape index (κ2) is 6.13. The average Bonchev–Trinajstić information content (AvgIpc) is 2.91. The fourth-order valence-electron chi connectivity index (χ4n) is 2.23. The minimum absolute atomic E-state index is 0.434. The number of nitrogens with zero attached hydrogens (tertiary/aromatic N) is 2. The molecular formula is C15H13Cl2N3. The van der Waals surface area contributed by atoms with Gasteiger partial charge in [0, 0.05) is 28.9 Å². The van der Waals surface area contributed by atoms with Crippen LogP contribution >= 0.6 is 23.2 Å². The molecule has 3 nitrogen and oxygen atoms in total. The normalized spacial score (nSPS) is 13.4. The van der Waals surface area contributed by atoms with Crippen molar-refractivity contribution in [3.63, 3.8) is 0 Å². The zero-order valence-electron chi connectivity index (χ0n) is 10.7. The Balaban J connectivity index is 2.50. The highest BCUT2D eigenvalue weighted by Crippen LogP contribution is 2.37. The maximum atomic E-state index is 9.72. The predicted molar refractivity (Wildman–Crippen MR) is 80.9 cm³/mol. The first-order valence-corrected chi connectivity index (χ1v) is 6.83. The molecule has 0 spiro atoms. The largest absolute Gasteiger partial charge is 0.349 e. The maximum Gasteiger partial charge on any atom is 0.107 e. The molecule has 0 bridgehead atoms. The van der Waals surface area contributed by atoms with Crippen molar-refractivity contribution in [3.05, 3.63) is 64.7 Å². The number of allylic oxidation sites excluding steroid dienone is 1. The van der Waals surface area contributed by atoms with Crippen LogP contribution in [0.2, 0.25) is 10.0 Å². The molecule has 2 rings (SSSR count). The van der Waals surface area contributed by atoms with Crippen molar-refractivity contribution in [2.75, 3.05) is 0 Å². The number of hydrogen-bond donors (Lipinski definition) is 1. The van der Waals surface area contributed by atoms with Gasteiger partial charge in [-0.15, -0.1) is 6.58 Å². The van der Waals surface area contributed by atoms with Gasteiger partial charge < -0.3 is 4.98 Å². The number of halogens is 2. The van der Waals surface area contributed by atoms with Crippen LogP contribution in [0.4, 0.5) is 0 Å². The van der Waals surface area contributed by atoms with E-state index in [1.807, 2.05) is 0 Å². The van der Waals surface area contributed by atoms with E-state index in [-0.39, 0.29) is 0 Å². The van der Waals surface area contributed by atoms with Gasteiger partial charge in [0.1, 0.15) is 5.82 Å². The van der Waals surface area contributed by atoms with E-state index in [0.29, 0.717) is 22.9 Å². The minimum atomic E-state index is -0.804. The fourth-order valence-corrected chi connectivity index (χ4v) is 2.82. The van der Waals surface area contributed by atoms with Crippen molar-refractivity contribution in [2.45, 2.75) is 18.3 Å². The molecule has 5 heteroatoms. The van der Waals surface area contributed by atoms with Crippen molar-refractivity contribution >= 4 is 23.2 Å². The molecule has 0 amide bonds. The number of benzene rings is 1. The molecule has 1 unspecified atom stereocenters. The van der Waals surface area contributed by atoms with E-state index < -0.39 is 5.41 Å². The smallest absolute Gasteiger partial charge is 0.107 e. The summed E-state index contributed by atoms with van der Waals surface area (Å²) in [7, 11) is 0. The van der Waals surface area contributed by atoms with Crippen molar-refractivity contribution in [2.24, 2.45) is 0 Å². The van der Waals surface area contributed by atoms with Crippen LogP contribution < -0.4 is 0 Å². The van der Waals surface area contributed by atoms with Gasteiger partial charge in [-0.25, -0.2) is 4.98 Å². The Labute approximate surface area is 127 Å². The summed E-state index contributed by atoms with van der Waals surface area (Å²) in [5, 5.41) is 10.7. The van der Waals surface area contributed by atoms with E-state index in [9.17, 15) is 5.26 Å². The van der Waals surface area contributed by atoms with E-state index >= 15 is 0 Å². The second-order valence-corrected chi connectivity index (χ2v) is 5.37. The highest BCUT2D eigenvalue weighted by Gasteiger charge is 2.34. The van der Waals surface area contributed by atoms with Gasteiger partial charge in [-0.05, 0) is 24.1 Å². The van der Waals surface area contributed by atoms with Gasteiger partial charge >= 0.3 is 0 Å². The molecular weight excluding hydrogens is 293 g/mol. The molecule has 0 saturated carbocycles. The van der Waals surface area contributed by atoms with Crippen LogP contribution in [0.3, 0.4) is 0 Å². The third-order valence-electron chi connectivity index (χ3n) is 3.18. The summed E-state index contributed by atoms with van der Waals surface area (Å²) in [5.41, 5.74) is -0.0660. The molecule has 0 aliphatic carbocycles. The Morgan fingerprint density at radius 3 is 2.80 bits per heavy atom. The first kappa shape index (κ1) is 14.6. The number of aromatic nitrogens is 2. The van der Waals surface area contributed by atoms with Crippen LogP contribution in [0.5, 0.6) is 0 Å². The third-order valence-corrected chi connectivity index (χ3v) is 3.73. The molecule has 0 radical (unpaired) electrons. The van der Waals surface area contributed by atoms with Gasteiger partial charge in [-0.1, -0.05) is 35.3 Å². The van der Waals surface area contributed by atoms with E-state index in [4.69, 9.17) is 23.2 Å². The van der Waals surface area contributed by atoms with Gasteiger partial charge in [0.2, 0.25) is 0 Å². The fraction of sp³-hybridized carbons (Fsp3) is 0.200. The van der Waals surface area contributed by atoms with Gasteiger partial charge in [-0.3, -0.25) is 0 Å². The number of rotatable bonds is 5. The summed E-state index contributed by atoms with van der Waals surface area (Å²) >= 11 is 12.2. The molecule has 0 aliphatic rings. The molecule has 2 aromatic rings. The van der Waals surface area contributed by atoms with Crippen LogP contribution in [0.15, 0.2) is 43.2 Å². The summed E-state index contributed by atoms with van der Waals surface area (Å²) in [5.74, 6) is 0.736. The Kier molecular flexibility index (Phi) is 4.49. The summed E-state index contributed by atoms with van der Waals surface area (Å²) in [6.07, 6.45) is 6.02. The molecule has 102 valence electrons. The van der Waals surface area contributed by atoms with Crippen molar-refractivity contribution < 1.29 is 0 Å². The van der Waals surface area contributed by atoms with E-state index in [1.165, 1.54) is 0 Å². The van der Waals surface area contributed by atoms with E-state index in [2.05, 4.69) is 22.6 Å². The lowest BCUT2D eigenvalue weighted by atomic mass is 9.76. The highest BCUT2D eigenvalue weighted by atomic mass is 35.5. The summed E-state index contributed by atoms with van der Waals surface area (Å²) in [6.45, 7) is 3.74. The van der Waals surface area contributed by atoms with Crippen LogP contribution in [-0.2, 0) is 11.8 Å². The Bertz CT molecular complexity index is 644. The zero-order chi connectivity index (χ0) is 14.6. The Morgan fingerprint density at radius 2 is 2.25 bits per heavy atom. The molecule has 20 heavy (non-hydrogen) atoms. The van der Waals surface area contributed by atoms with Gasteiger partial charge in [0.15, 0.2) is 0 Å². The Morgan fingerprint density at radius 1 is 1.45 bits per heavy atom. The SMILES string of the molecule is C=CCC(C#N)(Cc1ncc[nH]1)c1ccc(Cl)cc1Cl. The molecule has 1 aromatic carbocycles. The summed E-state index contributed by atoms with van der Waals surface area (Å²) in [6, 6.07) is 7.55. The maximum absolute atomic E-state index is 9.72. The van der Waals surface area contributed by atoms with Crippen molar-refractivity contribution in [1.29, 1.82) is 5.26 Å². The zero-order valence-corrected chi connectivity index (χ0v) is 12.2. The lowest BCUT2D eigenvalue weighted by molar-refractivity contribution is 0.539. The van der Waals surface area contributed by atoms with Crippen LogP contribution in [0.25, 0.3) is 0 Å². The predicted octanol–water partition coefficient (Wildman–Crippen LogP) is 4.30. The van der Waals surface area contributed by atoms with Crippen molar-refractivity contribution in [1.82, 2.24) is 9.97 Å². The monoisotopic (exact) mass is 305 g/mol. The lowest BCUT2D eigenvalue weighted by Gasteiger charge is -2.26. The summed E-state index contributed by atoms with van der Waals surface area (Å²) in [4.78, 5) is 7.21. The topological polar surface area (TPSA) is 52.5 Å². The molecule has 0 aliphatic heterocycles. The molecule has 1 aromatic heterocycles. The van der Waals surface area contributed by atoms with Gasteiger partial charge in [0.25, 0.3) is 0 Å². The van der Waals surface area contributed by atoms with Crippen LogP contribution in [0, 0.1) is 11.3 Å². The first-order chi connectivity index (χ1) is 9.61. The minimum Gasteiger partial charge on any atom is -0.349 e. The van der Waals surface area contributed by atoms with Crippen molar-refractivity contribution in [3.8, 4) is 6.07 Å². The number of imidazole rings is 1. The molecule has 0 fully saturated rings. The second-order valence-electron chi connectivity index (χ2n) is 4.52. The third kappa shape index (κ3) is 2.87. The van der Waals surface area contributed by atoms with E-state index in [0.717, 1.165) is 11.4 Å². The van der Waals surface area contributed by atoms with Gasteiger partial charge in [0.05, 0.1) is 11.5 Å². The average molecular weight is 306 g/mol. The van der Waals surface area contributed by atoms with E-state index in [1.54, 1.807) is 36.7 Å². The van der Waals surface area contributed by atoms with Crippen LogP contribution in [-0.4, -0.2) is 9.97 Å². The number of hydrogen-bond acceptors (Lipinski definition) is 2. The van der Waals surface area contributed by atoms with Gasteiger partial charge in [-0.2, -0.15) is 5.26 Å². The standard InChI is InChI=1S/C15H13Cl2N3/c1-2-5-15(10-18,9-14-19-6-7-20-14)12-4-3-11(16)8-13(12)17/h2-4,6-8H,1,5,9H2,(H,19,20). The molecule has 1 heterocycles. The summed E-state index contributed by atoms with van der Waals surface area (Å²) < 4.78 is 0. The highest BCUT2D eigenvalue weighted by molar-refractivity contribution is 6.35. The lowest BCUT2D eigenvalue weighted by Crippen LogP contribution is -2.27. The number of nitriles is 1. The quantitative estimate of drug-likeness (QED) is 0.837. The first-order valence-electron chi connectivity index (χ1n) is 6.07. The Hall–Kier alpha value is -1.76. The van der Waals surface area contributed by atoms with Crippen LogP contribution in [0.1, 0.15) is 17.8 Å².